The number of para-hydroxylation sites is 1. The van der Waals surface area contributed by atoms with Gasteiger partial charge in [0, 0.05) is 24.6 Å². The zero-order valence-electron chi connectivity index (χ0n) is 10.7. The van der Waals surface area contributed by atoms with Crippen LogP contribution >= 0.6 is 0 Å². The first-order valence-corrected chi connectivity index (χ1v) is 6.96. The minimum absolute atomic E-state index is 0.0715. The number of fused-ring (bicyclic) bond motifs is 1. The molecule has 1 saturated heterocycles. The molecule has 0 bridgehead atoms. The predicted octanol–water partition coefficient (Wildman–Crippen LogP) is 2.58. The van der Waals surface area contributed by atoms with Crippen molar-refractivity contribution in [1.29, 1.82) is 0 Å². The van der Waals surface area contributed by atoms with Gasteiger partial charge in [-0.1, -0.05) is 18.2 Å². The van der Waals surface area contributed by atoms with Crippen LogP contribution in [0.15, 0.2) is 18.2 Å². The zero-order valence-corrected chi connectivity index (χ0v) is 10.7. The van der Waals surface area contributed by atoms with Crippen LogP contribution in [0.25, 0.3) is 0 Å². The molecule has 18 heavy (non-hydrogen) atoms. The molecule has 0 aliphatic carbocycles. The van der Waals surface area contributed by atoms with Crippen LogP contribution in [0.2, 0.25) is 0 Å². The lowest BCUT2D eigenvalue weighted by Crippen LogP contribution is -2.15. The molecule has 1 aromatic rings. The van der Waals surface area contributed by atoms with Gasteiger partial charge in [0.25, 0.3) is 0 Å². The lowest BCUT2D eigenvalue weighted by Gasteiger charge is -2.17. The Kier molecular flexibility index (Phi) is 3.52. The number of ether oxygens (including phenoxy) is 2. The van der Waals surface area contributed by atoms with Crippen molar-refractivity contribution in [3.05, 3.63) is 29.3 Å². The fourth-order valence-corrected chi connectivity index (χ4v) is 2.93. The molecule has 2 N–H and O–H groups in total. The van der Waals surface area contributed by atoms with Crippen LogP contribution < -0.4 is 10.5 Å². The van der Waals surface area contributed by atoms with Crippen molar-refractivity contribution < 1.29 is 9.47 Å². The van der Waals surface area contributed by atoms with Crippen molar-refractivity contribution in [2.75, 3.05) is 13.2 Å². The molecule has 1 fully saturated rings. The van der Waals surface area contributed by atoms with E-state index in [0.717, 1.165) is 38.2 Å². The molecule has 3 rings (SSSR count). The summed E-state index contributed by atoms with van der Waals surface area (Å²) < 4.78 is 11.4. The lowest BCUT2D eigenvalue weighted by atomic mass is 9.97. The Labute approximate surface area is 108 Å². The molecular formula is C15H21NO2. The Morgan fingerprint density at radius 2 is 2.28 bits per heavy atom. The van der Waals surface area contributed by atoms with E-state index >= 15 is 0 Å². The predicted molar refractivity (Wildman–Crippen MR) is 70.8 cm³/mol. The quantitative estimate of drug-likeness (QED) is 0.889. The Morgan fingerprint density at radius 3 is 3.11 bits per heavy atom. The van der Waals surface area contributed by atoms with Crippen molar-refractivity contribution in [1.82, 2.24) is 0 Å². The van der Waals surface area contributed by atoms with Gasteiger partial charge in [0.2, 0.25) is 0 Å². The SMILES string of the molecule is NC(CCC1CCCO1)c1cccc2c1OCC2. The molecule has 2 aliphatic heterocycles. The molecule has 3 nitrogen and oxygen atoms in total. The van der Waals surface area contributed by atoms with Crippen LogP contribution in [0.3, 0.4) is 0 Å². The topological polar surface area (TPSA) is 44.5 Å². The molecule has 2 aliphatic rings. The van der Waals surface area contributed by atoms with Crippen LogP contribution in [-0.4, -0.2) is 19.3 Å². The monoisotopic (exact) mass is 247 g/mol. The van der Waals surface area contributed by atoms with Gasteiger partial charge in [-0.3, -0.25) is 0 Å². The number of rotatable bonds is 4. The molecule has 3 heteroatoms. The van der Waals surface area contributed by atoms with Crippen LogP contribution in [0, 0.1) is 0 Å². The van der Waals surface area contributed by atoms with Crippen molar-refractivity contribution >= 4 is 0 Å². The summed E-state index contributed by atoms with van der Waals surface area (Å²) in [4.78, 5) is 0. The molecule has 0 amide bonds. The molecule has 1 aromatic carbocycles. The summed E-state index contributed by atoms with van der Waals surface area (Å²) in [5.41, 5.74) is 8.79. The average Bonchev–Trinajstić information content (AvgIpc) is 3.05. The Bertz CT molecular complexity index is 413. The molecule has 0 spiro atoms. The molecule has 98 valence electrons. The number of nitrogens with two attached hydrogens (primary N) is 1. The smallest absolute Gasteiger partial charge is 0.127 e. The van der Waals surface area contributed by atoms with Gasteiger partial charge >= 0.3 is 0 Å². The maximum Gasteiger partial charge on any atom is 0.127 e. The molecule has 0 radical (unpaired) electrons. The zero-order chi connectivity index (χ0) is 12.4. The molecule has 2 heterocycles. The normalized spacial score (nSPS) is 23.7. The lowest BCUT2D eigenvalue weighted by molar-refractivity contribution is 0.101. The van der Waals surface area contributed by atoms with Gasteiger partial charge in [0.1, 0.15) is 5.75 Å². The van der Waals surface area contributed by atoms with Gasteiger partial charge in [0.05, 0.1) is 12.7 Å². The van der Waals surface area contributed by atoms with E-state index in [1.54, 1.807) is 0 Å². The number of hydrogen-bond acceptors (Lipinski definition) is 3. The fourth-order valence-electron chi connectivity index (χ4n) is 2.93. The van der Waals surface area contributed by atoms with Crippen molar-refractivity contribution in [2.45, 2.75) is 44.2 Å². The minimum Gasteiger partial charge on any atom is -0.493 e. The van der Waals surface area contributed by atoms with E-state index in [1.807, 2.05) is 0 Å². The molecule has 0 aromatic heterocycles. The molecular weight excluding hydrogens is 226 g/mol. The van der Waals surface area contributed by atoms with Gasteiger partial charge in [-0.05, 0) is 31.2 Å². The third-order valence-electron chi connectivity index (χ3n) is 3.97. The summed E-state index contributed by atoms with van der Waals surface area (Å²) in [5, 5.41) is 0. The van der Waals surface area contributed by atoms with Gasteiger partial charge in [-0.25, -0.2) is 0 Å². The molecule has 0 saturated carbocycles. The van der Waals surface area contributed by atoms with Gasteiger partial charge in [-0.15, -0.1) is 0 Å². The van der Waals surface area contributed by atoms with Gasteiger partial charge in [0.15, 0.2) is 0 Å². The minimum atomic E-state index is 0.0715. The Morgan fingerprint density at radius 1 is 1.33 bits per heavy atom. The van der Waals surface area contributed by atoms with Crippen molar-refractivity contribution in [2.24, 2.45) is 5.73 Å². The van der Waals surface area contributed by atoms with Crippen LogP contribution in [0.5, 0.6) is 5.75 Å². The van der Waals surface area contributed by atoms with E-state index in [0.29, 0.717) is 6.10 Å². The second-order valence-electron chi connectivity index (χ2n) is 5.25. The second-order valence-corrected chi connectivity index (χ2v) is 5.25. The van der Waals surface area contributed by atoms with E-state index in [4.69, 9.17) is 15.2 Å². The van der Waals surface area contributed by atoms with Crippen LogP contribution in [0.4, 0.5) is 0 Å². The Hall–Kier alpha value is -1.06. The Balaban J connectivity index is 1.65. The second kappa shape index (κ2) is 5.29. The highest BCUT2D eigenvalue weighted by atomic mass is 16.5. The summed E-state index contributed by atoms with van der Waals surface area (Å²) in [6.45, 7) is 1.72. The first-order valence-electron chi connectivity index (χ1n) is 6.96. The number of benzene rings is 1. The van der Waals surface area contributed by atoms with E-state index in [9.17, 15) is 0 Å². The largest absolute Gasteiger partial charge is 0.493 e. The standard InChI is InChI=1S/C15H21NO2/c16-14(7-6-12-4-2-9-17-12)13-5-1-3-11-8-10-18-15(11)13/h1,3,5,12,14H,2,4,6-10,16H2. The summed E-state index contributed by atoms with van der Waals surface area (Å²) in [7, 11) is 0. The highest BCUT2D eigenvalue weighted by Gasteiger charge is 2.22. The summed E-state index contributed by atoms with van der Waals surface area (Å²) in [6.07, 6.45) is 5.87. The highest BCUT2D eigenvalue weighted by molar-refractivity contribution is 5.45. The third kappa shape index (κ3) is 2.38. The first kappa shape index (κ1) is 12.0. The third-order valence-corrected chi connectivity index (χ3v) is 3.97. The molecule has 2 unspecified atom stereocenters. The maximum absolute atomic E-state index is 6.31. The van der Waals surface area contributed by atoms with Crippen LogP contribution in [0.1, 0.15) is 42.9 Å². The summed E-state index contributed by atoms with van der Waals surface area (Å²) in [5.74, 6) is 1.04. The highest BCUT2D eigenvalue weighted by Crippen LogP contribution is 2.34. The fraction of sp³-hybridized carbons (Fsp3) is 0.600. The number of hydrogen-bond donors (Lipinski definition) is 1. The summed E-state index contributed by atoms with van der Waals surface area (Å²) >= 11 is 0. The first-order chi connectivity index (χ1) is 8.84. The van der Waals surface area contributed by atoms with Gasteiger partial charge < -0.3 is 15.2 Å². The van der Waals surface area contributed by atoms with Crippen molar-refractivity contribution in [3.8, 4) is 5.75 Å². The van der Waals surface area contributed by atoms with E-state index in [-0.39, 0.29) is 6.04 Å². The summed E-state index contributed by atoms with van der Waals surface area (Å²) in [6, 6.07) is 6.40. The van der Waals surface area contributed by atoms with Crippen LogP contribution in [-0.2, 0) is 11.2 Å². The average molecular weight is 247 g/mol. The van der Waals surface area contributed by atoms with Crippen molar-refractivity contribution in [3.63, 3.8) is 0 Å². The maximum atomic E-state index is 6.31. The van der Waals surface area contributed by atoms with E-state index in [1.165, 1.54) is 24.0 Å². The van der Waals surface area contributed by atoms with Gasteiger partial charge in [-0.2, -0.15) is 0 Å². The van der Waals surface area contributed by atoms with E-state index in [2.05, 4.69) is 18.2 Å². The van der Waals surface area contributed by atoms with E-state index < -0.39 is 0 Å². The molecule has 2 atom stereocenters.